The Balaban J connectivity index is 2.03. The van der Waals surface area contributed by atoms with Gasteiger partial charge >= 0.3 is 5.82 Å². The van der Waals surface area contributed by atoms with Crippen LogP contribution in [-0.2, 0) is 4.79 Å². The molecule has 2 aliphatic heterocycles. The Labute approximate surface area is 127 Å². The molecule has 118 valence electrons. The molecule has 0 aliphatic carbocycles. The molecular formula is C14H18N4O4. The van der Waals surface area contributed by atoms with Gasteiger partial charge in [0.25, 0.3) is 11.7 Å². The first-order chi connectivity index (χ1) is 10.6. The third kappa shape index (κ3) is 2.50. The number of aromatic nitrogens is 1. The highest BCUT2D eigenvalue weighted by molar-refractivity contribution is 5.99. The number of amides is 1. The minimum atomic E-state index is -0.558. The second-order valence-corrected chi connectivity index (χ2v) is 5.45. The van der Waals surface area contributed by atoms with E-state index in [9.17, 15) is 14.9 Å². The number of ether oxygens (including phenoxy) is 1. The molecule has 2 aliphatic rings. The summed E-state index contributed by atoms with van der Waals surface area (Å²) < 4.78 is 5.66. The summed E-state index contributed by atoms with van der Waals surface area (Å²) in [5.74, 6) is 0.283. The quantitative estimate of drug-likeness (QED) is 0.666. The smallest absolute Gasteiger partial charge is 0.366 e. The maximum absolute atomic E-state index is 12.7. The molecule has 8 heteroatoms. The van der Waals surface area contributed by atoms with E-state index >= 15 is 0 Å². The molecule has 0 saturated carbocycles. The van der Waals surface area contributed by atoms with E-state index < -0.39 is 11.0 Å². The zero-order chi connectivity index (χ0) is 15.7. The Morgan fingerprint density at radius 1 is 1.45 bits per heavy atom. The van der Waals surface area contributed by atoms with Crippen LogP contribution in [0.3, 0.4) is 0 Å². The van der Waals surface area contributed by atoms with Gasteiger partial charge in [0.05, 0.1) is 0 Å². The minimum Gasteiger partial charge on any atom is -0.474 e. The van der Waals surface area contributed by atoms with Crippen molar-refractivity contribution in [2.75, 3.05) is 18.0 Å². The van der Waals surface area contributed by atoms with Crippen molar-refractivity contribution in [1.82, 2.24) is 10.3 Å². The predicted molar refractivity (Wildman–Crippen MR) is 79.0 cm³/mol. The van der Waals surface area contributed by atoms with Crippen LogP contribution in [0.2, 0.25) is 0 Å². The largest absolute Gasteiger partial charge is 0.474 e. The lowest BCUT2D eigenvalue weighted by Crippen LogP contribution is -2.53. The van der Waals surface area contributed by atoms with E-state index in [-0.39, 0.29) is 23.6 Å². The molecule has 1 saturated heterocycles. The number of nitrogens with zero attached hydrogens (tertiary/aromatic N) is 3. The number of hydrogen-bond acceptors (Lipinski definition) is 6. The second kappa shape index (κ2) is 5.88. The molecule has 22 heavy (non-hydrogen) atoms. The number of pyridine rings is 1. The minimum absolute atomic E-state index is 0.0000425. The molecule has 0 bridgehead atoms. The van der Waals surface area contributed by atoms with Crippen LogP contribution in [0.1, 0.15) is 26.2 Å². The van der Waals surface area contributed by atoms with Gasteiger partial charge in [-0.25, -0.2) is 0 Å². The molecule has 1 fully saturated rings. The highest BCUT2D eigenvalue weighted by Crippen LogP contribution is 2.37. The summed E-state index contributed by atoms with van der Waals surface area (Å²) in [5, 5.41) is 14.2. The maximum Gasteiger partial charge on any atom is 0.366 e. The van der Waals surface area contributed by atoms with Gasteiger partial charge in [0.1, 0.15) is 0 Å². The first kappa shape index (κ1) is 14.7. The van der Waals surface area contributed by atoms with E-state index in [2.05, 4.69) is 10.3 Å². The van der Waals surface area contributed by atoms with Crippen LogP contribution in [0.5, 0.6) is 5.75 Å². The number of piperidine rings is 1. The van der Waals surface area contributed by atoms with E-state index in [4.69, 9.17) is 4.74 Å². The summed E-state index contributed by atoms with van der Waals surface area (Å²) >= 11 is 0. The number of carbonyl (C=O) groups excluding carboxylic acids is 1. The monoisotopic (exact) mass is 306 g/mol. The summed E-state index contributed by atoms with van der Waals surface area (Å²) in [7, 11) is 0. The standard InChI is InChI=1S/C14H18N4O4/c1-2-10-14(19)17(9-5-7-15-8-6-9)13-11(22-10)3-4-12(16-13)18(20)21/h3-4,9-10,15H,2,5-8H2,1H3. The Hall–Kier alpha value is -2.22. The molecule has 1 amide bonds. The van der Waals surface area contributed by atoms with Crippen LogP contribution in [0, 0.1) is 10.1 Å². The van der Waals surface area contributed by atoms with Gasteiger partial charge in [0.2, 0.25) is 0 Å². The fourth-order valence-electron chi connectivity index (χ4n) is 2.93. The van der Waals surface area contributed by atoms with Crippen LogP contribution in [0.15, 0.2) is 12.1 Å². The topological polar surface area (TPSA) is 97.6 Å². The number of carbonyl (C=O) groups is 1. The maximum atomic E-state index is 12.7. The number of hydrogen-bond donors (Lipinski definition) is 1. The van der Waals surface area contributed by atoms with Gasteiger partial charge < -0.3 is 20.2 Å². The fraction of sp³-hybridized carbons (Fsp3) is 0.571. The van der Waals surface area contributed by atoms with Crippen LogP contribution in [0.4, 0.5) is 11.6 Å². The summed E-state index contributed by atoms with van der Waals surface area (Å²) in [6.45, 7) is 3.51. The van der Waals surface area contributed by atoms with Crippen molar-refractivity contribution in [2.45, 2.75) is 38.3 Å². The number of nitrogens with one attached hydrogen (secondary N) is 1. The molecular weight excluding hydrogens is 288 g/mol. The molecule has 3 heterocycles. The van der Waals surface area contributed by atoms with Crippen LogP contribution < -0.4 is 15.0 Å². The number of fused-ring (bicyclic) bond motifs is 1. The molecule has 1 unspecified atom stereocenters. The van der Waals surface area contributed by atoms with Crippen LogP contribution in [-0.4, -0.2) is 41.0 Å². The third-order valence-electron chi connectivity index (χ3n) is 4.07. The SMILES string of the molecule is CCC1Oc2ccc([N+](=O)[O-])nc2N(C2CCNCC2)C1=O. The van der Waals surface area contributed by atoms with Gasteiger partial charge in [0, 0.05) is 12.1 Å². The lowest BCUT2D eigenvalue weighted by Gasteiger charge is -2.37. The van der Waals surface area contributed by atoms with E-state index in [0.717, 1.165) is 25.9 Å². The van der Waals surface area contributed by atoms with Crippen LogP contribution in [0.25, 0.3) is 0 Å². The molecule has 0 aromatic carbocycles. The normalized spacial score (nSPS) is 22.1. The first-order valence-electron chi connectivity index (χ1n) is 7.47. The molecule has 1 aromatic rings. The molecule has 1 aromatic heterocycles. The molecule has 0 radical (unpaired) electrons. The van der Waals surface area contributed by atoms with Gasteiger partial charge in [-0.05, 0) is 48.3 Å². The van der Waals surface area contributed by atoms with Crippen molar-refractivity contribution >= 4 is 17.5 Å². The van der Waals surface area contributed by atoms with Crippen molar-refractivity contribution in [3.05, 3.63) is 22.2 Å². The average Bonchev–Trinajstić information content (AvgIpc) is 2.54. The second-order valence-electron chi connectivity index (χ2n) is 5.45. The molecule has 1 N–H and O–H groups in total. The van der Waals surface area contributed by atoms with Crippen molar-refractivity contribution < 1.29 is 14.5 Å². The van der Waals surface area contributed by atoms with Gasteiger partial charge in [-0.2, -0.15) is 0 Å². The number of anilines is 1. The zero-order valence-corrected chi connectivity index (χ0v) is 12.3. The summed E-state index contributed by atoms with van der Waals surface area (Å²) in [4.78, 5) is 28.7. The summed E-state index contributed by atoms with van der Waals surface area (Å²) in [5.41, 5.74) is 0. The summed E-state index contributed by atoms with van der Waals surface area (Å²) in [6, 6.07) is 2.84. The number of nitro groups is 1. The van der Waals surface area contributed by atoms with E-state index in [0.29, 0.717) is 12.2 Å². The lowest BCUT2D eigenvalue weighted by atomic mass is 10.0. The van der Waals surface area contributed by atoms with E-state index in [1.165, 1.54) is 12.1 Å². The van der Waals surface area contributed by atoms with Crippen LogP contribution >= 0.6 is 0 Å². The Morgan fingerprint density at radius 2 is 2.18 bits per heavy atom. The highest BCUT2D eigenvalue weighted by Gasteiger charge is 2.41. The molecule has 3 rings (SSSR count). The molecule has 1 atom stereocenters. The van der Waals surface area contributed by atoms with Crippen molar-refractivity contribution in [1.29, 1.82) is 0 Å². The van der Waals surface area contributed by atoms with Crippen molar-refractivity contribution in [3.8, 4) is 5.75 Å². The average molecular weight is 306 g/mol. The molecule has 0 spiro atoms. The Morgan fingerprint density at radius 3 is 2.82 bits per heavy atom. The Bertz CT molecular complexity index is 601. The summed E-state index contributed by atoms with van der Waals surface area (Å²) in [6.07, 6.45) is 1.60. The van der Waals surface area contributed by atoms with Crippen molar-refractivity contribution in [3.63, 3.8) is 0 Å². The van der Waals surface area contributed by atoms with Gasteiger partial charge in [-0.15, -0.1) is 0 Å². The van der Waals surface area contributed by atoms with Gasteiger partial charge in [0.15, 0.2) is 11.9 Å². The lowest BCUT2D eigenvalue weighted by molar-refractivity contribution is -0.389. The fourth-order valence-corrected chi connectivity index (χ4v) is 2.93. The van der Waals surface area contributed by atoms with Crippen molar-refractivity contribution in [2.24, 2.45) is 0 Å². The molecule has 8 nitrogen and oxygen atoms in total. The predicted octanol–water partition coefficient (Wildman–Crippen LogP) is 1.25. The van der Waals surface area contributed by atoms with E-state index in [1.54, 1.807) is 4.90 Å². The van der Waals surface area contributed by atoms with Gasteiger partial charge in [-0.3, -0.25) is 9.69 Å². The zero-order valence-electron chi connectivity index (χ0n) is 12.3. The Kier molecular flexibility index (Phi) is 3.93. The first-order valence-corrected chi connectivity index (χ1v) is 7.47. The highest BCUT2D eigenvalue weighted by atomic mass is 16.6. The third-order valence-corrected chi connectivity index (χ3v) is 4.07. The number of rotatable bonds is 3. The van der Waals surface area contributed by atoms with Gasteiger partial charge in [-0.1, -0.05) is 6.92 Å². The van der Waals surface area contributed by atoms with E-state index in [1.807, 2.05) is 6.92 Å².